The Bertz CT molecular complexity index is 494. The fourth-order valence-corrected chi connectivity index (χ4v) is 2.01. The number of methoxy groups -OCH3 is 1. The van der Waals surface area contributed by atoms with Crippen LogP contribution in [-0.2, 0) is 6.42 Å². The Balaban J connectivity index is 1.84. The lowest BCUT2D eigenvalue weighted by Gasteiger charge is -2.07. The number of halogens is 1. The maximum atomic E-state index is 5.69. The fraction of sp³-hybridized carbons (Fsp3) is 0.200. The Morgan fingerprint density at radius 2 is 1.78 bits per heavy atom. The highest BCUT2D eigenvalue weighted by atomic mass is 79.9. The first-order valence-electron chi connectivity index (χ1n) is 5.79. The van der Waals surface area contributed by atoms with Crippen molar-refractivity contribution in [1.82, 2.24) is 0 Å². The van der Waals surface area contributed by atoms with Crippen LogP contribution in [0.3, 0.4) is 0 Å². The highest BCUT2D eigenvalue weighted by molar-refractivity contribution is 9.10. The predicted octanol–water partition coefficient (Wildman–Crippen LogP) is 4.08. The summed E-state index contributed by atoms with van der Waals surface area (Å²) in [5.41, 5.74) is 1.24. The fourth-order valence-electron chi connectivity index (χ4n) is 1.64. The van der Waals surface area contributed by atoms with E-state index in [-0.39, 0.29) is 0 Å². The van der Waals surface area contributed by atoms with Crippen molar-refractivity contribution >= 4 is 15.9 Å². The molecule has 0 fully saturated rings. The lowest BCUT2D eigenvalue weighted by Crippen LogP contribution is -2.01. The third kappa shape index (κ3) is 3.77. The first-order valence-corrected chi connectivity index (χ1v) is 6.58. The van der Waals surface area contributed by atoms with Crippen LogP contribution in [0.15, 0.2) is 53.0 Å². The minimum Gasteiger partial charge on any atom is -0.497 e. The maximum absolute atomic E-state index is 5.69. The summed E-state index contributed by atoms with van der Waals surface area (Å²) >= 11 is 3.42. The molecule has 0 saturated carbocycles. The lowest BCUT2D eigenvalue weighted by atomic mass is 10.1. The molecule has 0 aliphatic carbocycles. The number of rotatable bonds is 5. The van der Waals surface area contributed by atoms with E-state index in [1.165, 1.54) is 5.56 Å². The Kier molecular flexibility index (Phi) is 4.65. The third-order valence-corrected chi connectivity index (χ3v) is 3.11. The Morgan fingerprint density at radius 1 is 1.00 bits per heavy atom. The summed E-state index contributed by atoms with van der Waals surface area (Å²) in [7, 11) is 1.67. The van der Waals surface area contributed by atoms with Gasteiger partial charge in [-0.25, -0.2) is 0 Å². The van der Waals surface area contributed by atoms with Gasteiger partial charge in [-0.15, -0.1) is 0 Å². The molecule has 0 aliphatic rings. The topological polar surface area (TPSA) is 18.5 Å². The number of ether oxygens (including phenoxy) is 2. The van der Waals surface area contributed by atoms with E-state index in [0.29, 0.717) is 6.61 Å². The van der Waals surface area contributed by atoms with Gasteiger partial charge < -0.3 is 9.47 Å². The molecule has 2 aromatic rings. The molecule has 0 heterocycles. The van der Waals surface area contributed by atoms with E-state index in [4.69, 9.17) is 9.47 Å². The monoisotopic (exact) mass is 306 g/mol. The minimum atomic E-state index is 0.669. The average Bonchev–Trinajstić information content (AvgIpc) is 2.40. The van der Waals surface area contributed by atoms with Crippen LogP contribution < -0.4 is 9.47 Å². The molecule has 2 rings (SSSR count). The molecule has 2 nitrogen and oxygen atoms in total. The summed E-state index contributed by atoms with van der Waals surface area (Å²) in [6.07, 6.45) is 0.885. The van der Waals surface area contributed by atoms with Crippen LogP contribution in [0.5, 0.6) is 11.5 Å². The van der Waals surface area contributed by atoms with Gasteiger partial charge in [0.05, 0.1) is 13.7 Å². The molecule has 0 amide bonds. The van der Waals surface area contributed by atoms with Crippen LogP contribution in [0.4, 0.5) is 0 Å². The molecule has 0 radical (unpaired) electrons. The van der Waals surface area contributed by atoms with E-state index in [1.807, 2.05) is 36.4 Å². The molecule has 18 heavy (non-hydrogen) atoms. The van der Waals surface area contributed by atoms with Crippen molar-refractivity contribution in [2.75, 3.05) is 13.7 Å². The second-order valence-electron chi connectivity index (χ2n) is 3.90. The zero-order chi connectivity index (χ0) is 12.8. The highest BCUT2D eigenvalue weighted by Gasteiger charge is 1.97. The van der Waals surface area contributed by atoms with Gasteiger partial charge in [0.2, 0.25) is 0 Å². The van der Waals surface area contributed by atoms with Crippen molar-refractivity contribution in [2.24, 2.45) is 0 Å². The molecular weight excluding hydrogens is 292 g/mol. The summed E-state index contributed by atoms with van der Waals surface area (Å²) in [5, 5.41) is 0. The quantitative estimate of drug-likeness (QED) is 0.828. The first kappa shape index (κ1) is 13.0. The standard InChI is InChI=1S/C15H15BrO2/c1-17-14-7-5-12(6-8-14)9-10-18-15-4-2-3-13(16)11-15/h2-8,11H,9-10H2,1H3. The van der Waals surface area contributed by atoms with E-state index in [1.54, 1.807) is 7.11 Å². The maximum Gasteiger partial charge on any atom is 0.120 e. The normalized spacial score (nSPS) is 10.1. The lowest BCUT2D eigenvalue weighted by molar-refractivity contribution is 0.321. The van der Waals surface area contributed by atoms with E-state index < -0.39 is 0 Å². The SMILES string of the molecule is COc1ccc(CCOc2cccc(Br)c2)cc1. The summed E-state index contributed by atoms with van der Waals surface area (Å²) in [6.45, 7) is 0.669. The van der Waals surface area contributed by atoms with Crippen molar-refractivity contribution in [3.63, 3.8) is 0 Å². The van der Waals surface area contributed by atoms with Gasteiger partial charge >= 0.3 is 0 Å². The van der Waals surface area contributed by atoms with Crippen molar-refractivity contribution in [3.05, 3.63) is 58.6 Å². The zero-order valence-corrected chi connectivity index (χ0v) is 11.8. The van der Waals surface area contributed by atoms with Gasteiger partial charge in [-0.05, 0) is 35.9 Å². The molecule has 0 aliphatic heterocycles. The van der Waals surface area contributed by atoms with E-state index in [2.05, 4.69) is 28.1 Å². The molecule has 0 spiro atoms. The minimum absolute atomic E-state index is 0.669. The Labute approximate surface area is 116 Å². The largest absolute Gasteiger partial charge is 0.497 e. The number of benzene rings is 2. The van der Waals surface area contributed by atoms with Gasteiger partial charge in [-0.2, -0.15) is 0 Å². The average molecular weight is 307 g/mol. The van der Waals surface area contributed by atoms with E-state index in [9.17, 15) is 0 Å². The molecule has 2 aromatic carbocycles. The molecule has 0 N–H and O–H groups in total. The molecule has 3 heteroatoms. The van der Waals surface area contributed by atoms with Crippen LogP contribution in [0.25, 0.3) is 0 Å². The second kappa shape index (κ2) is 6.45. The molecule has 0 saturated heterocycles. The van der Waals surface area contributed by atoms with Gasteiger partial charge in [-0.3, -0.25) is 0 Å². The van der Waals surface area contributed by atoms with Crippen molar-refractivity contribution in [2.45, 2.75) is 6.42 Å². The van der Waals surface area contributed by atoms with E-state index in [0.717, 1.165) is 22.4 Å². The third-order valence-electron chi connectivity index (χ3n) is 2.61. The summed E-state index contributed by atoms with van der Waals surface area (Å²) in [4.78, 5) is 0. The van der Waals surface area contributed by atoms with E-state index >= 15 is 0 Å². The first-order chi connectivity index (χ1) is 8.78. The van der Waals surface area contributed by atoms with Gasteiger partial charge in [0.1, 0.15) is 11.5 Å². The highest BCUT2D eigenvalue weighted by Crippen LogP contribution is 2.18. The van der Waals surface area contributed by atoms with Gasteiger partial charge in [0.25, 0.3) is 0 Å². The van der Waals surface area contributed by atoms with Crippen molar-refractivity contribution in [1.29, 1.82) is 0 Å². The second-order valence-corrected chi connectivity index (χ2v) is 4.82. The molecule has 94 valence electrons. The Morgan fingerprint density at radius 3 is 2.44 bits per heavy atom. The number of hydrogen-bond donors (Lipinski definition) is 0. The van der Waals surface area contributed by atoms with Crippen molar-refractivity contribution < 1.29 is 9.47 Å². The summed E-state index contributed by atoms with van der Waals surface area (Å²) in [6, 6.07) is 15.9. The van der Waals surface area contributed by atoms with Crippen LogP contribution in [0, 0.1) is 0 Å². The van der Waals surface area contributed by atoms with Crippen LogP contribution in [0.2, 0.25) is 0 Å². The molecule has 0 unspecified atom stereocenters. The summed E-state index contributed by atoms with van der Waals surface area (Å²) in [5.74, 6) is 1.77. The van der Waals surface area contributed by atoms with Crippen LogP contribution >= 0.6 is 15.9 Å². The van der Waals surface area contributed by atoms with Crippen LogP contribution in [-0.4, -0.2) is 13.7 Å². The molecule has 0 atom stereocenters. The van der Waals surface area contributed by atoms with Gasteiger partial charge in [0.15, 0.2) is 0 Å². The van der Waals surface area contributed by atoms with Crippen molar-refractivity contribution in [3.8, 4) is 11.5 Å². The smallest absolute Gasteiger partial charge is 0.120 e. The van der Waals surface area contributed by atoms with Gasteiger partial charge in [0, 0.05) is 10.9 Å². The predicted molar refractivity (Wildman–Crippen MR) is 76.3 cm³/mol. The zero-order valence-electron chi connectivity index (χ0n) is 10.2. The number of hydrogen-bond acceptors (Lipinski definition) is 2. The molecular formula is C15H15BrO2. The van der Waals surface area contributed by atoms with Crippen LogP contribution in [0.1, 0.15) is 5.56 Å². The summed E-state index contributed by atoms with van der Waals surface area (Å²) < 4.78 is 11.8. The molecule has 0 aromatic heterocycles. The molecule has 0 bridgehead atoms. The van der Waals surface area contributed by atoms with Gasteiger partial charge in [-0.1, -0.05) is 34.1 Å². The Hall–Kier alpha value is -1.48.